The lowest BCUT2D eigenvalue weighted by molar-refractivity contribution is 0.107. The Hall–Kier alpha value is -1.14. The Bertz CT molecular complexity index is 290. The number of carbonyl (C=O) groups excluding carboxylic acids is 1. The van der Waals surface area contributed by atoms with Crippen LogP contribution in [0.4, 0.5) is 0 Å². The Balaban J connectivity index is 2.91. The van der Waals surface area contributed by atoms with Gasteiger partial charge in [0.15, 0.2) is 5.78 Å². The van der Waals surface area contributed by atoms with E-state index in [1.165, 1.54) is 5.80 Å². The van der Waals surface area contributed by atoms with Gasteiger partial charge in [0.25, 0.3) is 0 Å². The van der Waals surface area contributed by atoms with Crippen molar-refractivity contribution in [3.8, 4) is 5.75 Å². The van der Waals surface area contributed by atoms with Gasteiger partial charge in [-0.1, -0.05) is 0 Å². The van der Waals surface area contributed by atoms with E-state index in [9.17, 15) is 4.79 Å². The molecule has 0 aliphatic carbocycles. The van der Waals surface area contributed by atoms with Crippen LogP contribution in [-0.4, -0.2) is 18.7 Å². The van der Waals surface area contributed by atoms with Crippen LogP contribution in [0.5, 0.6) is 5.75 Å². The Morgan fingerprint density at radius 2 is 2.00 bits per heavy atom. The van der Waals surface area contributed by atoms with Crippen molar-refractivity contribution in [2.75, 3.05) is 7.11 Å². The number of hydrogen-bond acceptors (Lipinski definition) is 2. The first-order valence-electron chi connectivity index (χ1n) is 3.47. The van der Waals surface area contributed by atoms with Gasteiger partial charge in [0.05, 0.1) is 7.11 Å². The first-order chi connectivity index (χ1) is 5.77. The molecule has 1 rings (SSSR count). The molecule has 1 aromatic rings. The van der Waals surface area contributed by atoms with Gasteiger partial charge in [0, 0.05) is 11.4 Å². The maximum absolute atomic E-state index is 11.1. The lowest BCUT2D eigenvalue weighted by Gasteiger charge is -1.99. The van der Waals surface area contributed by atoms with E-state index >= 15 is 0 Å². The van der Waals surface area contributed by atoms with Crippen molar-refractivity contribution in [1.82, 2.24) is 0 Å². The Morgan fingerprint density at radius 3 is 2.42 bits per heavy atom. The molecule has 0 aliphatic heterocycles. The molecule has 0 radical (unpaired) electrons. The second-order valence-corrected chi connectivity index (χ2v) is 2.53. The quantitative estimate of drug-likeness (QED) is 0.524. The number of Topliss-reactive ketones (excluding diaryl/α,β-unsaturated/α-hetero) is 1. The zero-order chi connectivity index (χ0) is 8.97. The van der Waals surface area contributed by atoms with Crippen LogP contribution in [0.1, 0.15) is 10.4 Å². The molecule has 0 saturated carbocycles. The summed E-state index contributed by atoms with van der Waals surface area (Å²) in [5.74, 6) is 2.05. The Kier molecular flexibility index (Phi) is 3.01. The third kappa shape index (κ3) is 1.93. The topological polar surface area (TPSA) is 26.3 Å². The molecule has 0 aromatic heterocycles. The number of ether oxygens (including phenoxy) is 1. The first kappa shape index (κ1) is 8.95. The molecular formula is C9H9O2P. The summed E-state index contributed by atoms with van der Waals surface area (Å²) in [6.07, 6.45) is 0. The molecule has 0 N–H and O–H groups in total. The Labute approximate surface area is 73.4 Å². The third-order valence-corrected chi connectivity index (χ3v) is 1.77. The highest BCUT2D eigenvalue weighted by Gasteiger charge is 1.99. The zero-order valence-corrected chi connectivity index (χ0v) is 7.70. The second-order valence-electron chi connectivity index (χ2n) is 2.24. The normalized spacial score (nSPS) is 9.08. The van der Waals surface area contributed by atoms with Crippen LogP contribution in [0, 0.1) is 0 Å². The van der Waals surface area contributed by atoms with Gasteiger partial charge in [-0.2, -0.15) is 0 Å². The smallest absolute Gasteiger partial charge is 0.189 e. The van der Waals surface area contributed by atoms with Crippen LogP contribution in [-0.2, 0) is 0 Å². The van der Waals surface area contributed by atoms with E-state index in [0.29, 0.717) is 5.56 Å². The molecule has 3 heteroatoms. The molecule has 0 spiro atoms. The minimum absolute atomic E-state index is 0.0469. The summed E-state index contributed by atoms with van der Waals surface area (Å²) in [6, 6.07) is 6.95. The van der Waals surface area contributed by atoms with E-state index < -0.39 is 0 Å². The van der Waals surface area contributed by atoms with E-state index in [-0.39, 0.29) is 5.78 Å². The highest BCUT2D eigenvalue weighted by molar-refractivity contribution is 7.22. The monoisotopic (exact) mass is 180 g/mol. The average Bonchev–Trinajstić information content (AvgIpc) is 2.17. The average molecular weight is 180 g/mol. The number of rotatable bonds is 3. The third-order valence-electron chi connectivity index (χ3n) is 1.51. The fourth-order valence-corrected chi connectivity index (χ4v) is 1.01. The van der Waals surface area contributed by atoms with Gasteiger partial charge in [-0.3, -0.25) is 4.79 Å². The number of benzene rings is 1. The van der Waals surface area contributed by atoms with Gasteiger partial charge in [-0.25, -0.2) is 0 Å². The molecule has 62 valence electrons. The minimum Gasteiger partial charge on any atom is -0.497 e. The molecule has 0 unspecified atom stereocenters. The SMILES string of the molecule is COc1ccc(C(=O)C=P)cc1. The highest BCUT2D eigenvalue weighted by Crippen LogP contribution is 2.11. The summed E-state index contributed by atoms with van der Waals surface area (Å²) in [4.78, 5) is 11.1. The van der Waals surface area contributed by atoms with Crippen LogP contribution < -0.4 is 4.74 Å². The van der Waals surface area contributed by atoms with Gasteiger partial charge in [0.1, 0.15) is 5.75 Å². The molecule has 12 heavy (non-hydrogen) atoms. The van der Waals surface area contributed by atoms with Crippen molar-refractivity contribution in [3.63, 3.8) is 0 Å². The van der Waals surface area contributed by atoms with Crippen LogP contribution in [0.15, 0.2) is 24.3 Å². The van der Waals surface area contributed by atoms with Crippen LogP contribution in [0.2, 0.25) is 0 Å². The maximum atomic E-state index is 11.1. The summed E-state index contributed by atoms with van der Waals surface area (Å²) in [7, 11) is 4.62. The van der Waals surface area contributed by atoms with Crippen LogP contribution in [0.3, 0.4) is 0 Å². The van der Waals surface area contributed by atoms with Crippen molar-refractivity contribution in [2.45, 2.75) is 0 Å². The van der Waals surface area contributed by atoms with Gasteiger partial charge in [-0.05, 0) is 24.3 Å². The number of methoxy groups -OCH3 is 1. The van der Waals surface area contributed by atoms with Crippen molar-refractivity contribution >= 4 is 20.4 Å². The van der Waals surface area contributed by atoms with Crippen molar-refractivity contribution in [3.05, 3.63) is 29.8 Å². The van der Waals surface area contributed by atoms with Crippen molar-refractivity contribution in [1.29, 1.82) is 0 Å². The lowest BCUT2D eigenvalue weighted by Crippen LogP contribution is -1.97. The van der Waals surface area contributed by atoms with Crippen LogP contribution >= 0.6 is 8.86 Å². The molecule has 0 saturated heterocycles. The highest BCUT2D eigenvalue weighted by atomic mass is 31.0. The number of carbonyl (C=O) groups is 1. The molecule has 0 bridgehead atoms. The first-order valence-corrected chi connectivity index (χ1v) is 4.04. The molecule has 1 aromatic carbocycles. The fourth-order valence-electron chi connectivity index (χ4n) is 0.839. The van der Waals surface area contributed by atoms with Gasteiger partial charge in [-0.15, -0.1) is 8.86 Å². The number of hydrogen-bond donors (Lipinski definition) is 0. The molecular weight excluding hydrogens is 171 g/mol. The van der Waals surface area contributed by atoms with E-state index in [2.05, 4.69) is 8.86 Å². The summed E-state index contributed by atoms with van der Waals surface area (Å²) < 4.78 is 4.95. The van der Waals surface area contributed by atoms with Crippen molar-refractivity contribution in [2.24, 2.45) is 0 Å². The fraction of sp³-hybridized carbons (Fsp3) is 0.111. The van der Waals surface area contributed by atoms with Crippen LogP contribution in [0.25, 0.3) is 0 Å². The maximum Gasteiger partial charge on any atom is 0.189 e. The largest absolute Gasteiger partial charge is 0.497 e. The van der Waals surface area contributed by atoms with E-state index in [1.54, 1.807) is 31.4 Å². The number of ketones is 1. The summed E-state index contributed by atoms with van der Waals surface area (Å²) in [5, 5.41) is 0. The molecule has 2 nitrogen and oxygen atoms in total. The molecule has 0 aliphatic rings. The summed E-state index contributed by atoms with van der Waals surface area (Å²) in [5.41, 5.74) is 0.644. The molecule has 0 fully saturated rings. The summed E-state index contributed by atoms with van der Waals surface area (Å²) in [6.45, 7) is 0. The molecule has 0 amide bonds. The molecule has 0 heterocycles. The predicted molar refractivity (Wildman–Crippen MR) is 51.7 cm³/mol. The second kappa shape index (κ2) is 4.03. The van der Waals surface area contributed by atoms with Crippen molar-refractivity contribution < 1.29 is 9.53 Å². The van der Waals surface area contributed by atoms with E-state index in [0.717, 1.165) is 5.75 Å². The molecule has 0 atom stereocenters. The zero-order valence-electron chi connectivity index (χ0n) is 6.70. The van der Waals surface area contributed by atoms with Gasteiger partial charge >= 0.3 is 0 Å². The predicted octanol–water partition coefficient (Wildman–Crippen LogP) is 1.82. The van der Waals surface area contributed by atoms with E-state index in [1.807, 2.05) is 0 Å². The van der Waals surface area contributed by atoms with E-state index in [4.69, 9.17) is 4.74 Å². The summed E-state index contributed by atoms with van der Waals surface area (Å²) >= 11 is 0. The van der Waals surface area contributed by atoms with Gasteiger partial charge < -0.3 is 4.74 Å². The lowest BCUT2D eigenvalue weighted by atomic mass is 10.1. The standard InChI is InChI=1S/C9H9O2P/c1-11-8-4-2-7(3-5-8)9(10)6-12/h2-6,12H,1H3. The minimum atomic E-state index is -0.0469. The van der Waals surface area contributed by atoms with Gasteiger partial charge in [0.2, 0.25) is 0 Å². The Morgan fingerprint density at radius 1 is 1.42 bits per heavy atom.